The second kappa shape index (κ2) is 5.44. The first-order valence-electron chi connectivity index (χ1n) is 5.33. The third kappa shape index (κ3) is 3.57. The molecule has 2 aromatic carbocycles. The Morgan fingerprint density at radius 3 is 2.05 bits per heavy atom. The Kier molecular flexibility index (Phi) is 3.90. The fourth-order valence-electron chi connectivity index (χ4n) is 1.64. The Morgan fingerprint density at radius 1 is 0.895 bits per heavy atom. The molecular formula is C13H10F3NOS. The molecule has 1 unspecified atom stereocenters. The average molecular weight is 285 g/mol. The number of nitrogens with two attached hydrogens (primary N) is 1. The van der Waals surface area contributed by atoms with Crippen LogP contribution in [0.5, 0.6) is 0 Å². The summed E-state index contributed by atoms with van der Waals surface area (Å²) in [5, 5.41) is 0. The van der Waals surface area contributed by atoms with Gasteiger partial charge in [0, 0.05) is 16.6 Å². The molecule has 0 radical (unpaired) electrons. The van der Waals surface area contributed by atoms with Crippen molar-refractivity contribution in [2.75, 3.05) is 5.73 Å². The number of hydrogen-bond acceptors (Lipinski definition) is 2. The summed E-state index contributed by atoms with van der Waals surface area (Å²) in [5.41, 5.74) is 5.83. The molecule has 2 nitrogen and oxygen atoms in total. The summed E-state index contributed by atoms with van der Waals surface area (Å²) in [5.74, 6) is -2.21. The third-order valence-electron chi connectivity index (χ3n) is 2.38. The summed E-state index contributed by atoms with van der Waals surface area (Å²) in [6.45, 7) is 0. The zero-order valence-corrected chi connectivity index (χ0v) is 10.5. The highest BCUT2D eigenvalue weighted by atomic mass is 32.2. The number of halogens is 3. The first kappa shape index (κ1) is 13.6. The molecule has 0 heterocycles. The summed E-state index contributed by atoms with van der Waals surface area (Å²) in [7, 11) is -1.62. The van der Waals surface area contributed by atoms with Gasteiger partial charge >= 0.3 is 0 Å². The van der Waals surface area contributed by atoms with E-state index >= 15 is 0 Å². The highest BCUT2D eigenvalue weighted by molar-refractivity contribution is 7.84. The smallest absolute Gasteiger partial charge is 0.126 e. The van der Waals surface area contributed by atoms with E-state index in [4.69, 9.17) is 5.73 Å². The van der Waals surface area contributed by atoms with E-state index in [0.717, 1.165) is 30.3 Å². The summed E-state index contributed by atoms with van der Waals surface area (Å²) < 4.78 is 51.1. The average Bonchev–Trinajstić information content (AvgIpc) is 2.25. The summed E-state index contributed by atoms with van der Waals surface area (Å²) >= 11 is 0. The number of rotatable bonds is 3. The SMILES string of the molecule is Nc1cc(F)cc(S(=O)Cc2cc(F)cc(F)c2)c1. The summed E-state index contributed by atoms with van der Waals surface area (Å²) in [6.07, 6.45) is 0. The molecule has 0 aliphatic carbocycles. The van der Waals surface area contributed by atoms with Crippen LogP contribution in [0.1, 0.15) is 5.56 Å². The highest BCUT2D eigenvalue weighted by Gasteiger charge is 2.09. The van der Waals surface area contributed by atoms with Gasteiger partial charge in [-0.25, -0.2) is 13.2 Å². The number of anilines is 1. The van der Waals surface area contributed by atoms with Crippen molar-refractivity contribution in [2.45, 2.75) is 10.6 Å². The van der Waals surface area contributed by atoms with Gasteiger partial charge in [-0.05, 0) is 35.9 Å². The lowest BCUT2D eigenvalue weighted by Gasteiger charge is -2.05. The second-order valence-corrected chi connectivity index (χ2v) is 5.44. The molecule has 0 fully saturated rings. The number of benzene rings is 2. The van der Waals surface area contributed by atoms with E-state index in [0.29, 0.717) is 0 Å². The zero-order chi connectivity index (χ0) is 14.0. The predicted octanol–water partition coefficient (Wildman–Crippen LogP) is 2.99. The first-order valence-corrected chi connectivity index (χ1v) is 6.65. The second-order valence-electron chi connectivity index (χ2n) is 3.99. The molecule has 100 valence electrons. The minimum absolute atomic E-state index is 0.114. The molecule has 0 bridgehead atoms. The molecule has 2 aromatic rings. The van der Waals surface area contributed by atoms with Crippen molar-refractivity contribution in [2.24, 2.45) is 0 Å². The number of hydrogen-bond donors (Lipinski definition) is 1. The van der Waals surface area contributed by atoms with Crippen molar-refractivity contribution in [3.05, 3.63) is 59.4 Å². The fourth-order valence-corrected chi connectivity index (χ4v) is 2.79. The first-order chi connectivity index (χ1) is 8.94. The minimum atomic E-state index is -1.62. The van der Waals surface area contributed by atoms with Gasteiger partial charge in [-0.2, -0.15) is 0 Å². The van der Waals surface area contributed by atoms with Crippen LogP contribution in [0.4, 0.5) is 18.9 Å². The van der Waals surface area contributed by atoms with Gasteiger partial charge in [0.15, 0.2) is 0 Å². The molecule has 19 heavy (non-hydrogen) atoms. The molecule has 1 atom stereocenters. The van der Waals surface area contributed by atoms with E-state index in [1.165, 1.54) is 6.07 Å². The minimum Gasteiger partial charge on any atom is -0.399 e. The van der Waals surface area contributed by atoms with Crippen LogP contribution in [-0.2, 0) is 16.6 Å². The molecule has 0 spiro atoms. The van der Waals surface area contributed by atoms with Crippen LogP contribution in [0.2, 0.25) is 0 Å². The van der Waals surface area contributed by atoms with E-state index in [1.807, 2.05) is 0 Å². The van der Waals surface area contributed by atoms with Gasteiger partial charge < -0.3 is 5.73 Å². The molecule has 0 amide bonds. The van der Waals surface area contributed by atoms with Crippen molar-refractivity contribution in [3.63, 3.8) is 0 Å². The van der Waals surface area contributed by atoms with Crippen LogP contribution in [-0.4, -0.2) is 4.21 Å². The van der Waals surface area contributed by atoms with Crippen molar-refractivity contribution in [1.82, 2.24) is 0 Å². The van der Waals surface area contributed by atoms with E-state index in [-0.39, 0.29) is 21.9 Å². The fraction of sp³-hybridized carbons (Fsp3) is 0.0769. The quantitative estimate of drug-likeness (QED) is 0.881. The third-order valence-corrected chi connectivity index (χ3v) is 3.73. The van der Waals surface area contributed by atoms with Crippen LogP contribution >= 0.6 is 0 Å². The largest absolute Gasteiger partial charge is 0.399 e. The van der Waals surface area contributed by atoms with Gasteiger partial charge in [-0.15, -0.1) is 0 Å². The maximum atomic E-state index is 13.1. The van der Waals surface area contributed by atoms with Gasteiger partial charge in [-0.1, -0.05) is 0 Å². The maximum Gasteiger partial charge on any atom is 0.126 e. The van der Waals surface area contributed by atoms with Crippen molar-refractivity contribution in [1.29, 1.82) is 0 Å². The number of nitrogen functional groups attached to an aromatic ring is 1. The normalized spacial score (nSPS) is 12.4. The lowest BCUT2D eigenvalue weighted by atomic mass is 10.2. The molecule has 6 heteroatoms. The highest BCUT2D eigenvalue weighted by Crippen LogP contribution is 2.18. The van der Waals surface area contributed by atoms with Crippen molar-refractivity contribution < 1.29 is 17.4 Å². The molecular weight excluding hydrogens is 275 g/mol. The van der Waals surface area contributed by atoms with Crippen LogP contribution < -0.4 is 5.73 Å². The van der Waals surface area contributed by atoms with E-state index in [2.05, 4.69) is 0 Å². The van der Waals surface area contributed by atoms with Gasteiger partial charge in [0.25, 0.3) is 0 Å². The van der Waals surface area contributed by atoms with Crippen molar-refractivity contribution in [3.8, 4) is 0 Å². The molecule has 0 aromatic heterocycles. The van der Waals surface area contributed by atoms with Gasteiger partial charge in [0.2, 0.25) is 0 Å². The Morgan fingerprint density at radius 2 is 1.47 bits per heavy atom. The summed E-state index contributed by atoms with van der Waals surface area (Å²) in [6, 6.07) is 6.46. The molecule has 0 aliphatic rings. The molecule has 2 rings (SSSR count). The van der Waals surface area contributed by atoms with Gasteiger partial charge in [0.1, 0.15) is 17.5 Å². The Labute approximate surface area is 110 Å². The predicted molar refractivity (Wildman–Crippen MR) is 67.3 cm³/mol. The Bertz CT molecular complexity index is 605. The van der Waals surface area contributed by atoms with Gasteiger partial charge in [-0.3, -0.25) is 4.21 Å². The zero-order valence-electron chi connectivity index (χ0n) is 9.70. The molecule has 0 saturated carbocycles. The Balaban J connectivity index is 2.25. The molecule has 0 aliphatic heterocycles. The Hall–Kier alpha value is -1.82. The summed E-state index contributed by atoms with van der Waals surface area (Å²) in [4.78, 5) is 0.183. The molecule has 2 N–H and O–H groups in total. The lowest BCUT2D eigenvalue weighted by molar-refractivity contribution is 0.581. The van der Waals surface area contributed by atoms with Crippen LogP contribution in [0.3, 0.4) is 0 Å². The topological polar surface area (TPSA) is 43.1 Å². The van der Waals surface area contributed by atoms with Crippen LogP contribution in [0.25, 0.3) is 0 Å². The van der Waals surface area contributed by atoms with E-state index < -0.39 is 28.3 Å². The van der Waals surface area contributed by atoms with E-state index in [1.54, 1.807) is 0 Å². The lowest BCUT2D eigenvalue weighted by Crippen LogP contribution is -2.00. The van der Waals surface area contributed by atoms with Crippen LogP contribution in [0, 0.1) is 17.5 Å². The van der Waals surface area contributed by atoms with Crippen LogP contribution in [0.15, 0.2) is 41.3 Å². The molecule has 0 saturated heterocycles. The maximum absolute atomic E-state index is 13.1. The standard InChI is InChI=1S/C13H10F3NOS/c14-9-1-8(2-10(15)3-9)7-19(18)13-5-11(16)4-12(17)6-13/h1-6H,7,17H2. The van der Waals surface area contributed by atoms with Gasteiger partial charge in [0.05, 0.1) is 16.6 Å². The van der Waals surface area contributed by atoms with Crippen molar-refractivity contribution >= 4 is 16.5 Å². The monoisotopic (exact) mass is 285 g/mol. The van der Waals surface area contributed by atoms with E-state index in [9.17, 15) is 17.4 Å².